The van der Waals surface area contributed by atoms with Crippen LogP contribution in [0.25, 0.3) is 11.3 Å². The van der Waals surface area contributed by atoms with E-state index in [1.807, 2.05) is 0 Å². The molecule has 1 heterocycles. The minimum Gasteiger partial charge on any atom is -0.505 e. The van der Waals surface area contributed by atoms with E-state index in [0.717, 1.165) is 0 Å². The summed E-state index contributed by atoms with van der Waals surface area (Å²) in [6.07, 6.45) is 2.97. The Morgan fingerprint density at radius 1 is 1.25 bits per heavy atom. The number of hydrogen-bond acceptors (Lipinski definition) is 4. The third-order valence-electron chi connectivity index (χ3n) is 2.08. The molecule has 1 aromatic carbocycles. The first-order valence-electron chi connectivity index (χ1n) is 4.56. The standard InChI is InChI=1S/C11H9FN2O2/c1-16-11-10(13-4-5-14-11)7-2-3-9(15)8(12)6-7/h2-6,15H,1H3. The van der Waals surface area contributed by atoms with E-state index in [-0.39, 0.29) is 0 Å². The topological polar surface area (TPSA) is 55.2 Å². The Hall–Kier alpha value is -2.17. The molecule has 1 N–H and O–H groups in total. The van der Waals surface area contributed by atoms with Crippen LogP contribution in [0.2, 0.25) is 0 Å². The summed E-state index contributed by atoms with van der Waals surface area (Å²) in [5.41, 5.74) is 0.934. The molecule has 0 radical (unpaired) electrons. The number of phenols is 1. The van der Waals surface area contributed by atoms with E-state index in [2.05, 4.69) is 9.97 Å². The zero-order chi connectivity index (χ0) is 11.5. The summed E-state index contributed by atoms with van der Waals surface area (Å²) >= 11 is 0. The third-order valence-corrected chi connectivity index (χ3v) is 2.08. The Bertz CT molecular complexity index is 517. The van der Waals surface area contributed by atoms with Gasteiger partial charge in [0.2, 0.25) is 5.88 Å². The van der Waals surface area contributed by atoms with Crippen LogP contribution >= 0.6 is 0 Å². The van der Waals surface area contributed by atoms with Gasteiger partial charge < -0.3 is 9.84 Å². The van der Waals surface area contributed by atoms with E-state index in [1.165, 1.54) is 31.6 Å². The smallest absolute Gasteiger partial charge is 0.240 e. The SMILES string of the molecule is COc1nccnc1-c1ccc(O)c(F)c1. The lowest BCUT2D eigenvalue weighted by molar-refractivity contribution is 0.397. The van der Waals surface area contributed by atoms with E-state index in [0.29, 0.717) is 17.1 Å². The quantitative estimate of drug-likeness (QED) is 0.840. The minimum absolute atomic E-state index is 0.313. The number of hydrogen-bond donors (Lipinski definition) is 1. The van der Waals surface area contributed by atoms with Gasteiger partial charge in [0.15, 0.2) is 11.6 Å². The van der Waals surface area contributed by atoms with Crippen LogP contribution in [-0.4, -0.2) is 22.2 Å². The fourth-order valence-corrected chi connectivity index (χ4v) is 1.33. The Kier molecular flexibility index (Phi) is 2.68. The van der Waals surface area contributed by atoms with Gasteiger partial charge in [0.1, 0.15) is 5.69 Å². The first-order valence-corrected chi connectivity index (χ1v) is 4.56. The second-order valence-corrected chi connectivity index (χ2v) is 3.08. The number of halogens is 1. The summed E-state index contributed by atoms with van der Waals surface area (Å²) < 4.78 is 18.2. The predicted molar refractivity (Wildman–Crippen MR) is 55.6 cm³/mol. The molecular weight excluding hydrogens is 211 g/mol. The molecule has 2 aromatic rings. The van der Waals surface area contributed by atoms with Gasteiger partial charge in [-0.15, -0.1) is 0 Å². The van der Waals surface area contributed by atoms with E-state index in [1.54, 1.807) is 6.07 Å². The first-order chi connectivity index (χ1) is 7.72. The van der Waals surface area contributed by atoms with Gasteiger partial charge in [-0.25, -0.2) is 14.4 Å². The highest BCUT2D eigenvalue weighted by Crippen LogP contribution is 2.28. The van der Waals surface area contributed by atoms with Crippen molar-refractivity contribution in [2.75, 3.05) is 7.11 Å². The van der Waals surface area contributed by atoms with Crippen LogP contribution in [0.15, 0.2) is 30.6 Å². The lowest BCUT2D eigenvalue weighted by atomic mass is 10.1. The second kappa shape index (κ2) is 4.14. The Morgan fingerprint density at radius 2 is 2.00 bits per heavy atom. The summed E-state index contributed by atoms with van der Waals surface area (Å²) in [5.74, 6) is -0.788. The monoisotopic (exact) mass is 220 g/mol. The van der Waals surface area contributed by atoms with Gasteiger partial charge >= 0.3 is 0 Å². The molecule has 0 aliphatic heterocycles. The van der Waals surface area contributed by atoms with Crippen molar-refractivity contribution in [2.45, 2.75) is 0 Å². The summed E-state index contributed by atoms with van der Waals surface area (Å²) in [5, 5.41) is 9.07. The molecule has 0 fully saturated rings. The maximum atomic E-state index is 13.2. The molecule has 0 spiro atoms. The van der Waals surface area contributed by atoms with Gasteiger partial charge in [0.05, 0.1) is 7.11 Å². The van der Waals surface area contributed by atoms with Crippen LogP contribution in [0.5, 0.6) is 11.6 Å². The second-order valence-electron chi connectivity index (χ2n) is 3.08. The number of nitrogens with zero attached hydrogens (tertiary/aromatic N) is 2. The number of rotatable bonds is 2. The lowest BCUT2D eigenvalue weighted by Gasteiger charge is -2.06. The van der Waals surface area contributed by atoms with Gasteiger partial charge in [-0.3, -0.25) is 0 Å². The highest BCUT2D eigenvalue weighted by Gasteiger charge is 2.10. The third kappa shape index (κ3) is 1.79. The number of ether oxygens (including phenoxy) is 1. The Morgan fingerprint density at radius 3 is 2.69 bits per heavy atom. The number of phenolic OH excluding ortho intramolecular Hbond substituents is 1. The average molecular weight is 220 g/mol. The van der Waals surface area contributed by atoms with E-state index in [4.69, 9.17) is 9.84 Å². The summed E-state index contributed by atoms with van der Waals surface area (Å²) in [6.45, 7) is 0. The molecule has 1 aromatic heterocycles. The van der Waals surface area contributed by atoms with Crippen molar-refractivity contribution in [1.82, 2.24) is 9.97 Å². The number of aromatic hydroxyl groups is 1. The largest absolute Gasteiger partial charge is 0.505 e. The molecule has 82 valence electrons. The van der Waals surface area contributed by atoms with Crippen LogP contribution < -0.4 is 4.74 Å². The Labute approximate surface area is 91.4 Å². The van der Waals surface area contributed by atoms with Gasteiger partial charge in [0.25, 0.3) is 0 Å². The molecule has 0 aliphatic carbocycles. The van der Waals surface area contributed by atoms with Crippen molar-refractivity contribution in [3.63, 3.8) is 0 Å². The van der Waals surface area contributed by atoms with Crippen molar-refractivity contribution in [2.24, 2.45) is 0 Å². The van der Waals surface area contributed by atoms with E-state index < -0.39 is 11.6 Å². The normalized spacial score (nSPS) is 10.1. The first kappa shape index (κ1) is 10.4. The van der Waals surface area contributed by atoms with Crippen molar-refractivity contribution in [1.29, 1.82) is 0 Å². The highest BCUT2D eigenvalue weighted by atomic mass is 19.1. The van der Waals surface area contributed by atoms with Crippen molar-refractivity contribution >= 4 is 0 Å². The van der Waals surface area contributed by atoms with Gasteiger partial charge in [0, 0.05) is 18.0 Å². The highest BCUT2D eigenvalue weighted by molar-refractivity contribution is 5.64. The van der Waals surface area contributed by atoms with Crippen LogP contribution in [0.3, 0.4) is 0 Å². The minimum atomic E-state index is -0.704. The van der Waals surface area contributed by atoms with Gasteiger partial charge in [-0.05, 0) is 18.2 Å². The summed E-state index contributed by atoms with van der Waals surface area (Å²) in [6, 6.07) is 3.99. The van der Waals surface area contributed by atoms with Crippen molar-refractivity contribution in [3.05, 3.63) is 36.4 Å². The molecule has 0 atom stereocenters. The molecule has 0 amide bonds. The van der Waals surface area contributed by atoms with Gasteiger partial charge in [-0.1, -0.05) is 0 Å². The molecule has 16 heavy (non-hydrogen) atoms. The molecule has 0 saturated heterocycles. The molecule has 0 bridgehead atoms. The predicted octanol–water partition coefficient (Wildman–Crippen LogP) is 2.00. The maximum absolute atomic E-state index is 13.2. The van der Waals surface area contributed by atoms with Crippen molar-refractivity contribution < 1.29 is 14.2 Å². The number of benzene rings is 1. The molecule has 0 saturated carbocycles. The molecule has 2 rings (SSSR count). The van der Waals surface area contributed by atoms with Gasteiger partial charge in [-0.2, -0.15) is 0 Å². The van der Waals surface area contributed by atoms with E-state index in [9.17, 15) is 4.39 Å². The van der Waals surface area contributed by atoms with Crippen LogP contribution in [-0.2, 0) is 0 Å². The zero-order valence-corrected chi connectivity index (χ0v) is 8.51. The fourth-order valence-electron chi connectivity index (χ4n) is 1.33. The molecule has 5 heteroatoms. The van der Waals surface area contributed by atoms with Crippen LogP contribution in [0.1, 0.15) is 0 Å². The number of aromatic nitrogens is 2. The zero-order valence-electron chi connectivity index (χ0n) is 8.51. The summed E-state index contributed by atoms with van der Waals surface area (Å²) in [4.78, 5) is 8.01. The fraction of sp³-hybridized carbons (Fsp3) is 0.0909. The summed E-state index contributed by atoms with van der Waals surface area (Å²) in [7, 11) is 1.46. The average Bonchev–Trinajstić information content (AvgIpc) is 2.32. The molecule has 0 aliphatic rings. The van der Waals surface area contributed by atoms with E-state index >= 15 is 0 Å². The van der Waals surface area contributed by atoms with Crippen LogP contribution in [0.4, 0.5) is 4.39 Å². The lowest BCUT2D eigenvalue weighted by Crippen LogP contribution is -1.94. The van der Waals surface area contributed by atoms with Crippen LogP contribution in [0, 0.1) is 5.82 Å². The molecule has 4 nitrogen and oxygen atoms in total. The van der Waals surface area contributed by atoms with Crippen molar-refractivity contribution in [3.8, 4) is 22.9 Å². The molecular formula is C11H9FN2O2. The molecule has 0 unspecified atom stereocenters. The Balaban J connectivity index is 2.54. The number of methoxy groups -OCH3 is 1. The maximum Gasteiger partial charge on any atom is 0.240 e.